The predicted octanol–water partition coefficient (Wildman–Crippen LogP) is 3.98. The maximum atomic E-state index is 12.8. The number of carbonyl (C=O) groups is 1. The number of nitrogens with one attached hydrogen (secondary N) is 1. The Morgan fingerprint density at radius 3 is 2.38 bits per heavy atom. The summed E-state index contributed by atoms with van der Waals surface area (Å²) in [5.41, 5.74) is 1.66. The summed E-state index contributed by atoms with van der Waals surface area (Å²) in [6.07, 6.45) is 2.26. The highest BCUT2D eigenvalue weighted by atomic mass is 16.5. The molecule has 1 saturated carbocycles. The van der Waals surface area contributed by atoms with Gasteiger partial charge in [-0.3, -0.25) is 4.79 Å². The second-order valence-electron chi connectivity index (χ2n) is 6.36. The van der Waals surface area contributed by atoms with E-state index >= 15 is 0 Å². The van der Waals surface area contributed by atoms with Gasteiger partial charge in [-0.2, -0.15) is 0 Å². The quantitative estimate of drug-likeness (QED) is 0.778. The van der Waals surface area contributed by atoms with Gasteiger partial charge in [0.25, 0.3) is 5.91 Å². The topological polar surface area (TPSA) is 56.8 Å². The number of ether oxygens (including phenoxy) is 3. The number of amides is 1. The Bertz CT molecular complexity index is 753. The summed E-state index contributed by atoms with van der Waals surface area (Å²) in [5.74, 6) is 2.38. The number of methoxy groups -OCH3 is 2. The maximum absolute atomic E-state index is 12.8. The van der Waals surface area contributed by atoms with Crippen LogP contribution in [-0.2, 0) is 0 Å². The molecular weight excluding hydrogens is 330 g/mol. The largest absolute Gasteiger partial charge is 0.497 e. The SMILES string of the molecule is CCOc1ccc(C(=O)NC(c2ccc(OC)cc2)C2CC2)cc1OC. The van der Waals surface area contributed by atoms with Gasteiger partial charge in [-0.15, -0.1) is 0 Å². The van der Waals surface area contributed by atoms with Crippen LogP contribution < -0.4 is 19.5 Å². The van der Waals surface area contributed by atoms with Crippen molar-refractivity contribution in [3.63, 3.8) is 0 Å². The Labute approximate surface area is 154 Å². The molecule has 1 atom stereocenters. The number of carbonyl (C=O) groups excluding carboxylic acids is 1. The minimum absolute atomic E-state index is 0.00553. The predicted molar refractivity (Wildman–Crippen MR) is 100 cm³/mol. The molecule has 0 radical (unpaired) electrons. The van der Waals surface area contributed by atoms with Crippen molar-refractivity contribution < 1.29 is 19.0 Å². The van der Waals surface area contributed by atoms with E-state index in [0.717, 1.165) is 24.2 Å². The van der Waals surface area contributed by atoms with Gasteiger partial charge in [-0.25, -0.2) is 0 Å². The zero-order chi connectivity index (χ0) is 18.5. The minimum Gasteiger partial charge on any atom is -0.497 e. The molecule has 0 saturated heterocycles. The fourth-order valence-corrected chi connectivity index (χ4v) is 3.02. The summed E-state index contributed by atoms with van der Waals surface area (Å²) in [4.78, 5) is 12.8. The smallest absolute Gasteiger partial charge is 0.251 e. The third kappa shape index (κ3) is 4.10. The molecule has 0 aromatic heterocycles. The number of rotatable bonds is 8. The molecule has 1 unspecified atom stereocenters. The van der Waals surface area contributed by atoms with Crippen molar-refractivity contribution in [1.82, 2.24) is 5.32 Å². The van der Waals surface area contributed by atoms with Crippen LogP contribution >= 0.6 is 0 Å². The summed E-state index contributed by atoms with van der Waals surface area (Å²) < 4.78 is 16.1. The van der Waals surface area contributed by atoms with Gasteiger partial charge in [0.2, 0.25) is 0 Å². The van der Waals surface area contributed by atoms with Crippen LogP contribution in [0.2, 0.25) is 0 Å². The van der Waals surface area contributed by atoms with Crippen LogP contribution in [0.4, 0.5) is 0 Å². The van der Waals surface area contributed by atoms with E-state index in [9.17, 15) is 4.79 Å². The zero-order valence-electron chi connectivity index (χ0n) is 15.5. The molecule has 26 heavy (non-hydrogen) atoms. The van der Waals surface area contributed by atoms with Crippen molar-refractivity contribution in [3.05, 3.63) is 53.6 Å². The summed E-state index contributed by atoms with van der Waals surface area (Å²) in [7, 11) is 3.22. The molecule has 1 aliphatic rings. The van der Waals surface area contributed by atoms with E-state index in [2.05, 4.69) is 5.32 Å². The highest BCUT2D eigenvalue weighted by molar-refractivity contribution is 5.95. The third-order valence-electron chi connectivity index (χ3n) is 4.58. The van der Waals surface area contributed by atoms with Crippen molar-refractivity contribution in [2.45, 2.75) is 25.8 Å². The number of hydrogen-bond acceptors (Lipinski definition) is 4. The van der Waals surface area contributed by atoms with Crippen LogP contribution in [0.25, 0.3) is 0 Å². The van der Waals surface area contributed by atoms with E-state index in [1.807, 2.05) is 31.2 Å². The fraction of sp³-hybridized carbons (Fsp3) is 0.381. The van der Waals surface area contributed by atoms with Gasteiger partial charge in [-0.05, 0) is 61.6 Å². The Morgan fingerprint density at radius 1 is 1.08 bits per heavy atom. The molecule has 5 nitrogen and oxygen atoms in total. The summed E-state index contributed by atoms with van der Waals surface area (Å²) in [5, 5.41) is 3.18. The van der Waals surface area contributed by atoms with Crippen molar-refractivity contribution in [1.29, 1.82) is 0 Å². The molecule has 1 amide bonds. The molecule has 5 heteroatoms. The molecule has 0 bridgehead atoms. The van der Waals surface area contributed by atoms with Gasteiger partial charge in [0.15, 0.2) is 11.5 Å². The van der Waals surface area contributed by atoms with E-state index in [4.69, 9.17) is 14.2 Å². The highest BCUT2D eigenvalue weighted by Gasteiger charge is 2.33. The Kier molecular flexibility index (Phi) is 5.66. The molecule has 3 rings (SSSR count). The maximum Gasteiger partial charge on any atom is 0.251 e. The minimum atomic E-state index is -0.112. The van der Waals surface area contributed by atoms with E-state index in [-0.39, 0.29) is 11.9 Å². The molecule has 2 aromatic rings. The lowest BCUT2D eigenvalue weighted by Gasteiger charge is -2.20. The van der Waals surface area contributed by atoms with E-state index in [0.29, 0.717) is 29.6 Å². The monoisotopic (exact) mass is 355 g/mol. The summed E-state index contributed by atoms with van der Waals surface area (Å²) in [6.45, 7) is 2.46. The van der Waals surface area contributed by atoms with Crippen LogP contribution in [0.5, 0.6) is 17.2 Å². The first kappa shape index (κ1) is 18.1. The van der Waals surface area contributed by atoms with Gasteiger partial charge in [-0.1, -0.05) is 12.1 Å². The van der Waals surface area contributed by atoms with Crippen LogP contribution in [0.15, 0.2) is 42.5 Å². The van der Waals surface area contributed by atoms with Crippen molar-refractivity contribution in [2.24, 2.45) is 5.92 Å². The molecule has 0 aliphatic heterocycles. The van der Waals surface area contributed by atoms with Crippen LogP contribution in [0, 0.1) is 5.92 Å². The summed E-state index contributed by atoms with van der Waals surface area (Å²) >= 11 is 0. The van der Waals surface area contributed by atoms with E-state index in [1.54, 1.807) is 32.4 Å². The van der Waals surface area contributed by atoms with E-state index in [1.165, 1.54) is 0 Å². The molecule has 1 aliphatic carbocycles. The molecular formula is C21H25NO4. The second-order valence-corrected chi connectivity index (χ2v) is 6.36. The fourth-order valence-electron chi connectivity index (χ4n) is 3.02. The third-order valence-corrected chi connectivity index (χ3v) is 4.58. The van der Waals surface area contributed by atoms with Crippen LogP contribution in [0.3, 0.4) is 0 Å². The van der Waals surface area contributed by atoms with Gasteiger partial charge in [0.1, 0.15) is 5.75 Å². The molecule has 1 fully saturated rings. The Morgan fingerprint density at radius 2 is 1.81 bits per heavy atom. The van der Waals surface area contributed by atoms with Gasteiger partial charge in [0.05, 0.1) is 26.9 Å². The summed E-state index contributed by atoms with van der Waals surface area (Å²) in [6, 6.07) is 13.1. The van der Waals surface area contributed by atoms with Gasteiger partial charge < -0.3 is 19.5 Å². The second kappa shape index (κ2) is 8.13. The first-order chi connectivity index (χ1) is 12.7. The lowest BCUT2D eigenvalue weighted by molar-refractivity contribution is 0.0931. The average Bonchev–Trinajstić information content (AvgIpc) is 3.51. The van der Waals surface area contributed by atoms with Gasteiger partial charge >= 0.3 is 0 Å². The highest BCUT2D eigenvalue weighted by Crippen LogP contribution is 2.41. The van der Waals surface area contributed by atoms with E-state index < -0.39 is 0 Å². The number of benzene rings is 2. The Hall–Kier alpha value is -2.69. The molecule has 2 aromatic carbocycles. The molecule has 0 heterocycles. The zero-order valence-corrected chi connectivity index (χ0v) is 15.5. The first-order valence-electron chi connectivity index (χ1n) is 8.92. The normalized spacial score (nSPS) is 14.4. The molecule has 138 valence electrons. The average molecular weight is 355 g/mol. The van der Waals surface area contributed by atoms with Crippen molar-refractivity contribution in [2.75, 3.05) is 20.8 Å². The van der Waals surface area contributed by atoms with Gasteiger partial charge in [0, 0.05) is 5.56 Å². The lowest BCUT2D eigenvalue weighted by Crippen LogP contribution is -2.29. The lowest BCUT2D eigenvalue weighted by atomic mass is 10.0. The number of hydrogen-bond donors (Lipinski definition) is 1. The van der Waals surface area contributed by atoms with Crippen LogP contribution in [0.1, 0.15) is 41.7 Å². The Balaban J connectivity index is 1.77. The van der Waals surface area contributed by atoms with Crippen molar-refractivity contribution >= 4 is 5.91 Å². The molecule has 1 N–H and O–H groups in total. The van der Waals surface area contributed by atoms with Crippen LogP contribution in [-0.4, -0.2) is 26.7 Å². The van der Waals surface area contributed by atoms with Crippen molar-refractivity contribution in [3.8, 4) is 17.2 Å². The first-order valence-corrected chi connectivity index (χ1v) is 8.92. The molecule has 0 spiro atoms. The standard InChI is InChI=1S/C21H25NO4/c1-4-26-18-12-9-16(13-19(18)25-3)21(23)22-20(14-5-6-14)15-7-10-17(24-2)11-8-15/h7-14,20H,4-6H2,1-3H3,(H,22,23).